The van der Waals surface area contributed by atoms with Gasteiger partial charge in [-0.05, 0) is 30.3 Å². The lowest BCUT2D eigenvalue weighted by Crippen LogP contribution is -2.05. The number of hydrogen-bond donors (Lipinski definition) is 0. The Balaban J connectivity index is 1.33. The number of para-hydroxylation sites is 2. The van der Waals surface area contributed by atoms with Gasteiger partial charge in [-0.2, -0.15) is 0 Å². The zero-order valence-corrected chi connectivity index (χ0v) is 20.2. The molecule has 0 aliphatic carbocycles. The molecule has 0 atom stereocenters. The first-order valence-electron chi connectivity index (χ1n) is 12.6. The zero-order valence-electron chi connectivity index (χ0n) is 20.2. The molecule has 0 saturated carbocycles. The SMILES string of the molecule is c1ccc(-c2nc(-c3ccccc3)nc(-c3ccc4c(c3)Oc3cccc5c6ccccc6n-4c35)n2)cc1. The number of benzene rings is 5. The molecule has 5 aromatic carbocycles. The number of aromatic nitrogens is 4. The van der Waals surface area contributed by atoms with Crippen LogP contribution in [0.15, 0.2) is 121 Å². The van der Waals surface area contributed by atoms with Crippen LogP contribution in [0, 0.1) is 0 Å². The Morgan fingerprint density at radius 2 is 1.08 bits per heavy atom. The van der Waals surface area contributed by atoms with Gasteiger partial charge in [-0.25, -0.2) is 15.0 Å². The van der Waals surface area contributed by atoms with Crippen molar-refractivity contribution in [3.63, 3.8) is 0 Å². The van der Waals surface area contributed by atoms with Gasteiger partial charge in [-0.3, -0.25) is 0 Å². The molecular formula is C33H20N4O. The van der Waals surface area contributed by atoms with Crippen molar-refractivity contribution in [3.05, 3.63) is 121 Å². The highest BCUT2D eigenvalue weighted by Gasteiger charge is 2.24. The number of nitrogens with zero attached hydrogens (tertiary/aromatic N) is 4. The lowest BCUT2D eigenvalue weighted by molar-refractivity contribution is 0.476. The van der Waals surface area contributed by atoms with Crippen molar-refractivity contribution in [3.8, 4) is 51.3 Å². The summed E-state index contributed by atoms with van der Waals surface area (Å²) in [6.07, 6.45) is 0. The third-order valence-corrected chi connectivity index (χ3v) is 7.04. The van der Waals surface area contributed by atoms with E-state index in [2.05, 4.69) is 47.0 Å². The van der Waals surface area contributed by atoms with Crippen molar-refractivity contribution in [2.75, 3.05) is 0 Å². The Morgan fingerprint density at radius 3 is 1.79 bits per heavy atom. The van der Waals surface area contributed by atoms with Gasteiger partial charge >= 0.3 is 0 Å². The van der Waals surface area contributed by atoms with Crippen LogP contribution in [0.4, 0.5) is 0 Å². The second-order valence-electron chi connectivity index (χ2n) is 9.33. The van der Waals surface area contributed by atoms with Gasteiger partial charge in [0.15, 0.2) is 29.0 Å². The summed E-state index contributed by atoms with van der Waals surface area (Å²) in [7, 11) is 0. The molecule has 0 bridgehead atoms. The van der Waals surface area contributed by atoms with Crippen LogP contribution in [0.2, 0.25) is 0 Å². The zero-order chi connectivity index (χ0) is 25.1. The van der Waals surface area contributed by atoms with Crippen molar-refractivity contribution >= 4 is 21.8 Å². The summed E-state index contributed by atoms with van der Waals surface area (Å²) in [6.45, 7) is 0. The van der Waals surface area contributed by atoms with Gasteiger partial charge < -0.3 is 9.30 Å². The van der Waals surface area contributed by atoms with E-state index in [4.69, 9.17) is 19.7 Å². The monoisotopic (exact) mass is 488 g/mol. The molecule has 7 aromatic rings. The largest absolute Gasteiger partial charge is 0.453 e. The van der Waals surface area contributed by atoms with Crippen LogP contribution in [-0.2, 0) is 0 Å². The van der Waals surface area contributed by atoms with Gasteiger partial charge in [0, 0.05) is 27.5 Å². The van der Waals surface area contributed by atoms with E-state index in [0.717, 1.165) is 44.9 Å². The maximum Gasteiger partial charge on any atom is 0.164 e. The average Bonchev–Trinajstić information content (AvgIpc) is 3.34. The molecule has 5 heteroatoms. The highest BCUT2D eigenvalue weighted by molar-refractivity contribution is 6.12. The fourth-order valence-electron chi connectivity index (χ4n) is 5.30. The Labute approximate surface area is 218 Å². The number of rotatable bonds is 3. The maximum atomic E-state index is 6.48. The molecule has 0 N–H and O–H groups in total. The second kappa shape index (κ2) is 8.11. The molecule has 0 unspecified atom stereocenters. The molecule has 0 saturated heterocycles. The van der Waals surface area contributed by atoms with Gasteiger partial charge in [0.2, 0.25) is 0 Å². The van der Waals surface area contributed by atoms with Crippen LogP contribution in [0.25, 0.3) is 61.7 Å². The minimum Gasteiger partial charge on any atom is -0.453 e. The van der Waals surface area contributed by atoms with Crippen LogP contribution in [0.5, 0.6) is 11.5 Å². The van der Waals surface area contributed by atoms with E-state index in [-0.39, 0.29) is 0 Å². The van der Waals surface area contributed by atoms with Gasteiger partial charge in [0.1, 0.15) is 0 Å². The molecule has 0 amide bonds. The minimum atomic E-state index is 0.602. The molecule has 8 rings (SSSR count). The topological polar surface area (TPSA) is 52.8 Å². The standard InChI is InChI=1S/C33H20N4O/c1-3-10-21(11-4-1)31-34-32(22-12-5-2-6-13-22)36-33(35-31)23-18-19-27-29(20-23)38-28-17-9-15-25-24-14-7-8-16-26(24)37(27)30(25)28/h1-20H. The molecule has 0 spiro atoms. The maximum absolute atomic E-state index is 6.48. The van der Waals surface area contributed by atoms with Gasteiger partial charge in [-0.1, -0.05) is 91.0 Å². The van der Waals surface area contributed by atoms with Crippen molar-refractivity contribution in [2.45, 2.75) is 0 Å². The smallest absolute Gasteiger partial charge is 0.164 e. The minimum absolute atomic E-state index is 0.602. The van der Waals surface area contributed by atoms with E-state index in [1.165, 1.54) is 10.8 Å². The van der Waals surface area contributed by atoms with Gasteiger partial charge in [0.25, 0.3) is 0 Å². The molecule has 5 nitrogen and oxygen atoms in total. The molecule has 1 aliphatic rings. The third kappa shape index (κ3) is 3.15. The fraction of sp³-hybridized carbons (Fsp3) is 0. The van der Waals surface area contributed by atoms with Crippen LogP contribution in [0.3, 0.4) is 0 Å². The number of fused-ring (bicyclic) bond motifs is 5. The summed E-state index contributed by atoms with van der Waals surface area (Å²) in [5.41, 5.74) is 6.00. The molecule has 3 heterocycles. The number of ether oxygens (including phenoxy) is 1. The molecule has 0 radical (unpaired) electrons. The Bertz CT molecular complexity index is 1940. The predicted octanol–water partition coefficient (Wildman–Crippen LogP) is 8.08. The van der Waals surface area contributed by atoms with E-state index in [9.17, 15) is 0 Å². The van der Waals surface area contributed by atoms with Gasteiger partial charge in [-0.15, -0.1) is 0 Å². The number of hydrogen-bond acceptors (Lipinski definition) is 4. The Hall–Kier alpha value is -5.29. The highest BCUT2D eigenvalue weighted by Crippen LogP contribution is 2.46. The summed E-state index contributed by atoms with van der Waals surface area (Å²) < 4.78 is 8.77. The molecule has 0 fully saturated rings. The average molecular weight is 489 g/mol. The van der Waals surface area contributed by atoms with Crippen molar-refractivity contribution in [1.29, 1.82) is 0 Å². The Kier molecular flexibility index (Phi) is 4.45. The van der Waals surface area contributed by atoms with E-state index >= 15 is 0 Å². The first-order valence-corrected chi connectivity index (χ1v) is 12.6. The lowest BCUT2D eigenvalue weighted by Gasteiger charge is -2.21. The molecular weight excluding hydrogens is 468 g/mol. The summed E-state index contributed by atoms with van der Waals surface area (Å²) in [5.74, 6) is 3.49. The molecule has 2 aromatic heterocycles. The first kappa shape index (κ1) is 20.9. The van der Waals surface area contributed by atoms with Crippen molar-refractivity contribution < 1.29 is 4.74 Å². The Morgan fingerprint density at radius 1 is 0.474 bits per heavy atom. The fourth-order valence-corrected chi connectivity index (χ4v) is 5.30. The highest BCUT2D eigenvalue weighted by atomic mass is 16.5. The lowest BCUT2D eigenvalue weighted by atomic mass is 10.1. The second-order valence-corrected chi connectivity index (χ2v) is 9.33. The molecule has 1 aliphatic heterocycles. The molecule has 178 valence electrons. The third-order valence-electron chi connectivity index (χ3n) is 7.04. The predicted molar refractivity (Wildman–Crippen MR) is 151 cm³/mol. The van der Waals surface area contributed by atoms with Crippen molar-refractivity contribution in [1.82, 2.24) is 19.5 Å². The normalized spacial score (nSPS) is 11.9. The first-order chi connectivity index (χ1) is 18.8. The van der Waals surface area contributed by atoms with E-state index in [0.29, 0.717) is 17.5 Å². The van der Waals surface area contributed by atoms with Crippen LogP contribution in [-0.4, -0.2) is 19.5 Å². The van der Waals surface area contributed by atoms with Crippen LogP contribution in [0.1, 0.15) is 0 Å². The summed E-state index contributed by atoms with van der Waals surface area (Å²) >= 11 is 0. The van der Waals surface area contributed by atoms with Crippen LogP contribution >= 0.6 is 0 Å². The summed E-state index contributed by atoms with van der Waals surface area (Å²) in [6, 6.07) is 40.9. The van der Waals surface area contributed by atoms with Crippen LogP contribution < -0.4 is 4.74 Å². The summed E-state index contributed by atoms with van der Waals surface area (Å²) in [4.78, 5) is 14.6. The molecule has 38 heavy (non-hydrogen) atoms. The van der Waals surface area contributed by atoms with E-state index in [1.807, 2.05) is 78.9 Å². The quantitative estimate of drug-likeness (QED) is 0.252. The van der Waals surface area contributed by atoms with Gasteiger partial charge in [0.05, 0.1) is 16.7 Å². The summed E-state index contributed by atoms with van der Waals surface area (Å²) in [5, 5.41) is 2.40. The van der Waals surface area contributed by atoms with Crippen molar-refractivity contribution in [2.24, 2.45) is 0 Å². The van der Waals surface area contributed by atoms with E-state index in [1.54, 1.807) is 0 Å². The van der Waals surface area contributed by atoms with E-state index < -0.39 is 0 Å².